The van der Waals surface area contributed by atoms with Gasteiger partial charge in [0.2, 0.25) is 0 Å². The molecular formula is C26H37N5. The zero-order valence-corrected chi connectivity index (χ0v) is 18.9. The molecular weight excluding hydrogens is 382 g/mol. The summed E-state index contributed by atoms with van der Waals surface area (Å²) in [4.78, 5) is 7.26. The number of hydrogen-bond acceptors (Lipinski definition) is 5. The van der Waals surface area contributed by atoms with E-state index < -0.39 is 0 Å². The van der Waals surface area contributed by atoms with E-state index in [0.29, 0.717) is 6.04 Å². The lowest BCUT2D eigenvalue weighted by Gasteiger charge is -2.32. The number of aromatic nitrogens is 1. The van der Waals surface area contributed by atoms with Crippen LogP contribution in [0, 0.1) is 11.3 Å². The summed E-state index contributed by atoms with van der Waals surface area (Å²) >= 11 is 0. The maximum atomic E-state index is 9.19. The number of nitrogens with one attached hydrogen (secondary N) is 3. The van der Waals surface area contributed by atoms with E-state index in [1.807, 2.05) is 0 Å². The Labute approximate surface area is 186 Å². The molecule has 0 spiro atoms. The molecule has 3 heterocycles. The lowest BCUT2D eigenvalue weighted by atomic mass is 9.81. The Morgan fingerprint density at radius 1 is 1.23 bits per heavy atom. The highest BCUT2D eigenvalue weighted by Gasteiger charge is 2.29. The van der Waals surface area contributed by atoms with Crippen LogP contribution in [0.3, 0.4) is 0 Å². The predicted octanol–water partition coefficient (Wildman–Crippen LogP) is 4.62. The molecule has 0 amide bonds. The van der Waals surface area contributed by atoms with Crippen molar-refractivity contribution in [2.75, 3.05) is 31.1 Å². The van der Waals surface area contributed by atoms with Gasteiger partial charge in [0.25, 0.3) is 0 Å². The van der Waals surface area contributed by atoms with Crippen molar-refractivity contribution in [3.8, 4) is 0 Å². The van der Waals surface area contributed by atoms with Crippen molar-refractivity contribution in [3.63, 3.8) is 0 Å². The van der Waals surface area contributed by atoms with Gasteiger partial charge in [-0.2, -0.15) is 0 Å². The first kappa shape index (κ1) is 20.7. The molecule has 1 saturated carbocycles. The maximum Gasteiger partial charge on any atom is 0.129 e. The van der Waals surface area contributed by atoms with Gasteiger partial charge in [-0.1, -0.05) is 38.3 Å². The fourth-order valence-electron chi connectivity index (χ4n) is 5.76. The van der Waals surface area contributed by atoms with Crippen LogP contribution >= 0.6 is 0 Å². The highest BCUT2D eigenvalue weighted by atomic mass is 15.2. The smallest absolute Gasteiger partial charge is 0.129 e. The van der Waals surface area contributed by atoms with Gasteiger partial charge in [-0.25, -0.2) is 4.98 Å². The average Bonchev–Trinajstić information content (AvgIpc) is 3.25. The zero-order chi connectivity index (χ0) is 21.2. The van der Waals surface area contributed by atoms with E-state index in [4.69, 9.17) is 4.98 Å². The third-order valence-corrected chi connectivity index (χ3v) is 7.62. The fraction of sp³-hybridized carbons (Fsp3) is 0.615. The van der Waals surface area contributed by atoms with Gasteiger partial charge < -0.3 is 20.9 Å². The molecule has 5 nitrogen and oxygen atoms in total. The van der Waals surface area contributed by atoms with Crippen LogP contribution in [-0.2, 0) is 0 Å². The zero-order valence-electron chi connectivity index (χ0n) is 18.9. The minimum Gasteiger partial charge on any atom is -0.385 e. The van der Waals surface area contributed by atoms with E-state index in [1.165, 1.54) is 60.9 Å². The molecule has 3 N–H and O–H groups in total. The normalized spacial score (nSPS) is 26.8. The van der Waals surface area contributed by atoms with Crippen LogP contribution in [0.15, 0.2) is 29.6 Å². The second kappa shape index (κ2) is 9.15. The summed E-state index contributed by atoms with van der Waals surface area (Å²) in [5, 5.41) is 16.6. The van der Waals surface area contributed by atoms with E-state index in [2.05, 4.69) is 46.9 Å². The Hall–Kier alpha value is -2.14. The highest BCUT2D eigenvalue weighted by Crippen LogP contribution is 2.35. The van der Waals surface area contributed by atoms with E-state index in [1.54, 1.807) is 0 Å². The molecule has 1 aromatic heterocycles. The average molecular weight is 420 g/mol. The molecule has 5 rings (SSSR count). The van der Waals surface area contributed by atoms with Crippen molar-refractivity contribution in [1.29, 1.82) is 5.41 Å². The van der Waals surface area contributed by atoms with Crippen LogP contribution in [-0.4, -0.2) is 42.9 Å². The van der Waals surface area contributed by atoms with Gasteiger partial charge in [-0.15, -0.1) is 0 Å². The lowest BCUT2D eigenvalue weighted by Crippen LogP contribution is -2.39. The Bertz CT molecular complexity index is 880. The molecule has 1 saturated heterocycles. The molecule has 5 heteroatoms. The van der Waals surface area contributed by atoms with Crippen LogP contribution in [0.4, 0.5) is 5.82 Å². The standard InChI is InChI=1S/C26H37N5/c1-18-11-13-31(17-18)25-14-19-6-5-9-21(22(19)16-29-25)26(27)23-15-28-12-10-24(23)30-20-7-3-2-4-8-20/h5-6,14,16,18,20-21,27-28,30H,2-4,7-13,15,17H2,1H3. The van der Waals surface area contributed by atoms with Gasteiger partial charge in [0.1, 0.15) is 5.82 Å². The molecule has 2 atom stereocenters. The topological polar surface area (TPSA) is 64.0 Å². The van der Waals surface area contributed by atoms with Gasteiger partial charge >= 0.3 is 0 Å². The molecule has 2 aliphatic carbocycles. The molecule has 2 unspecified atom stereocenters. The van der Waals surface area contributed by atoms with E-state index in [9.17, 15) is 5.41 Å². The molecule has 0 bridgehead atoms. The van der Waals surface area contributed by atoms with Crippen molar-refractivity contribution in [2.45, 2.75) is 70.3 Å². The van der Waals surface area contributed by atoms with Crippen molar-refractivity contribution in [2.24, 2.45) is 5.92 Å². The number of anilines is 1. The Morgan fingerprint density at radius 3 is 2.90 bits per heavy atom. The number of hydrogen-bond donors (Lipinski definition) is 3. The second-order valence-electron chi connectivity index (χ2n) is 9.98. The maximum absolute atomic E-state index is 9.19. The van der Waals surface area contributed by atoms with Gasteiger partial charge in [-0.05, 0) is 48.8 Å². The Kier molecular flexibility index (Phi) is 6.13. The third-order valence-electron chi connectivity index (χ3n) is 7.62. The molecule has 2 aliphatic heterocycles. The van der Waals surface area contributed by atoms with E-state index in [-0.39, 0.29) is 5.92 Å². The number of allylic oxidation sites excluding steroid dienone is 1. The van der Waals surface area contributed by atoms with Crippen molar-refractivity contribution < 1.29 is 0 Å². The van der Waals surface area contributed by atoms with Crippen molar-refractivity contribution in [3.05, 3.63) is 40.7 Å². The number of pyridine rings is 1. The highest BCUT2D eigenvalue weighted by molar-refractivity contribution is 6.04. The minimum atomic E-state index is 0.108. The molecule has 31 heavy (non-hydrogen) atoms. The first-order valence-corrected chi connectivity index (χ1v) is 12.4. The number of fused-ring (bicyclic) bond motifs is 1. The summed E-state index contributed by atoms with van der Waals surface area (Å²) in [7, 11) is 0. The lowest BCUT2D eigenvalue weighted by molar-refractivity contribution is 0.389. The predicted molar refractivity (Wildman–Crippen MR) is 129 cm³/mol. The summed E-state index contributed by atoms with van der Waals surface area (Å²) in [5.74, 6) is 1.95. The molecule has 4 aliphatic rings. The largest absolute Gasteiger partial charge is 0.385 e. The van der Waals surface area contributed by atoms with Crippen LogP contribution in [0.25, 0.3) is 6.08 Å². The van der Waals surface area contributed by atoms with Gasteiger partial charge in [0, 0.05) is 67.7 Å². The van der Waals surface area contributed by atoms with Crippen molar-refractivity contribution >= 4 is 17.6 Å². The quantitative estimate of drug-likeness (QED) is 0.610. The van der Waals surface area contributed by atoms with Crippen molar-refractivity contribution in [1.82, 2.24) is 15.6 Å². The minimum absolute atomic E-state index is 0.108. The molecule has 166 valence electrons. The van der Waals surface area contributed by atoms with E-state index >= 15 is 0 Å². The summed E-state index contributed by atoms with van der Waals surface area (Å²) in [5.41, 5.74) is 5.76. The number of rotatable bonds is 5. The Morgan fingerprint density at radius 2 is 2.10 bits per heavy atom. The second-order valence-corrected chi connectivity index (χ2v) is 9.98. The van der Waals surface area contributed by atoms with E-state index in [0.717, 1.165) is 56.5 Å². The fourth-order valence-corrected chi connectivity index (χ4v) is 5.76. The summed E-state index contributed by atoms with van der Waals surface area (Å²) in [6.07, 6.45) is 16.3. The van der Waals surface area contributed by atoms with Gasteiger partial charge in [0.05, 0.1) is 0 Å². The monoisotopic (exact) mass is 419 g/mol. The number of nitrogens with zero attached hydrogens (tertiary/aromatic N) is 2. The Balaban J connectivity index is 1.38. The molecule has 0 radical (unpaired) electrons. The summed E-state index contributed by atoms with van der Waals surface area (Å²) < 4.78 is 0. The van der Waals surface area contributed by atoms with Gasteiger partial charge in [0.15, 0.2) is 0 Å². The first-order valence-electron chi connectivity index (χ1n) is 12.4. The molecule has 2 fully saturated rings. The van der Waals surface area contributed by atoms with Gasteiger partial charge in [-0.3, -0.25) is 0 Å². The molecule has 0 aromatic carbocycles. The molecule has 1 aromatic rings. The van der Waals surface area contributed by atoms with Crippen LogP contribution in [0.5, 0.6) is 0 Å². The summed E-state index contributed by atoms with van der Waals surface area (Å²) in [6.45, 7) is 6.33. The first-order chi connectivity index (χ1) is 15.2. The SMILES string of the molecule is CC1CCN(c2cc3c(cn2)C(C(=N)C2=C(NC4CCCCC4)CCNC2)CC=C3)C1. The summed E-state index contributed by atoms with van der Waals surface area (Å²) in [6, 6.07) is 2.84. The third kappa shape index (κ3) is 4.43. The van der Waals surface area contributed by atoms with Crippen LogP contribution < -0.4 is 15.5 Å². The van der Waals surface area contributed by atoms with Crippen LogP contribution in [0.2, 0.25) is 0 Å². The van der Waals surface area contributed by atoms with Crippen LogP contribution in [0.1, 0.15) is 75.3 Å².